The summed E-state index contributed by atoms with van der Waals surface area (Å²) in [6.45, 7) is 4.65. The van der Waals surface area contributed by atoms with Gasteiger partial charge in [0, 0.05) is 24.8 Å². The highest BCUT2D eigenvalue weighted by Crippen LogP contribution is 2.34. The minimum absolute atomic E-state index is 0.573. The van der Waals surface area contributed by atoms with Gasteiger partial charge in [-0.1, -0.05) is 35.9 Å². The summed E-state index contributed by atoms with van der Waals surface area (Å²) in [6, 6.07) is 14.3. The summed E-state index contributed by atoms with van der Waals surface area (Å²) < 4.78 is 5.38. The lowest BCUT2D eigenvalue weighted by Crippen LogP contribution is -2.19. The first kappa shape index (κ1) is 15.4. The van der Waals surface area contributed by atoms with Crippen molar-refractivity contribution in [3.05, 3.63) is 59.2 Å². The maximum absolute atomic E-state index is 10.1. The lowest BCUT2D eigenvalue weighted by Gasteiger charge is -2.25. The Balaban J connectivity index is 2.32. The quantitative estimate of drug-likeness (QED) is 0.909. The first-order valence-corrected chi connectivity index (χ1v) is 7.14. The van der Waals surface area contributed by atoms with Crippen molar-refractivity contribution in [2.75, 3.05) is 19.1 Å². The van der Waals surface area contributed by atoms with Gasteiger partial charge in [-0.3, -0.25) is 0 Å². The van der Waals surface area contributed by atoms with E-state index in [4.69, 9.17) is 4.74 Å². The molecule has 0 bridgehead atoms. The smallest absolute Gasteiger partial charge is 0.126 e. The Kier molecular flexibility index (Phi) is 4.86. The lowest BCUT2D eigenvalue weighted by atomic mass is 10.0. The van der Waals surface area contributed by atoms with Gasteiger partial charge in [-0.05, 0) is 31.5 Å². The Morgan fingerprint density at radius 2 is 1.90 bits per heavy atom. The summed E-state index contributed by atoms with van der Waals surface area (Å²) in [6.07, 6.45) is -0.573. The zero-order valence-electron chi connectivity index (χ0n) is 13.1. The second kappa shape index (κ2) is 6.64. The van der Waals surface area contributed by atoms with E-state index in [1.54, 1.807) is 14.0 Å². The van der Waals surface area contributed by atoms with Crippen molar-refractivity contribution in [1.29, 1.82) is 0 Å². The summed E-state index contributed by atoms with van der Waals surface area (Å²) in [5, 5.41) is 10.1. The van der Waals surface area contributed by atoms with Gasteiger partial charge in [-0.15, -0.1) is 0 Å². The Morgan fingerprint density at radius 1 is 1.19 bits per heavy atom. The van der Waals surface area contributed by atoms with E-state index in [-0.39, 0.29) is 0 Å². The van der Waals surface area contributed by atoms with Crippen LogP contribution in [0.25, 0.3) is 0 Å². The van der Waals surface area contributed by atoms with Crippen molar-refractivity contribution in [2.24, 2.45) is 0 Å². The van der Waals surface area contributed by atoms with Gasteiger partial charge in [0.2, 0.25) is 0 Å². The van der Waals surface area contributed by atoms with Crippen LogP contribution in [0.1, 0.15) is 29.7 Å². The highest BCUT2D eigenvalue weighted by molar-refractivity contribution is 5.60. The molecule has 3 nitrogen and oxygen atoms in total. The number of benzene rings is 2. The van der Waals surface area contributed by atoms with E-state index in [2.05, 4.69) is 36.1 Å². The first-order chi connectivity index (χ1) is 10.0. The van der Waals surface area contributed by atoms with Gasteiger partial charge < -0.3 is 14.7 Å². The van der Waals surface area contributed by atoms with Crippen LogP contribution in [-0.2, 0) is 6.54 Å². The molecule has 1 atom stereocenters. The van der Waals surface area contributed by atoms with E-state index in [1.165, 1.54) is 11.1 Å². The summed E-state index contributed by atoms with van der Waals surface area (Å²) >= 11 is 0. The molecule has 21 heavy (non-hydrogen) atoms. The highest BCUT2D eigenvalue weighted by atomic mass is 16.5. The summed E-state index contributed by atoms with van der Waals surface area (Å²) in [5.74, 6) is 0.721. The van der Waals surface area contributed by atoms with Crippen molar-refractivity contribution >= 4 is 5.69 Å². The molecule has 2 rings (SSSR count). The standard InChI is InChI=1S/C18H23NO2/c1-13-7-5-8-15(11-13)12-19(3)16-9-6-10-17(21-4)18(16)14(2)20/h5-11,14,20H,12H2,1-4H3. The molecule has 0 fully saturated rings. The monoisotopic (exact) mass is 285 g/mol. The van der Waals surface area contributed by atoms with Crippen LogP contribution in [0.5, 0.6) is 5.75 Å². The molecular formula is C18H23NO2. The summed E-state index contributed by atoms with van der Waals surface area (Å²) in [4.78, 5) is 2.14. The molecule has 0 aliphatic rings. The lowest BCUT2D eigenvalue weighted by molar-refractivity contribution is 0.194. The minimum atomic E-state index is -0.573. The van der Waals surface area contributed by atoms with E-state index >= 15 is 0 Å². The van der Waals surface area contributed by atoms with Crippen LogP contribution in [0.3, 0.4) is 0 Å². The molecule has 1 N–H and O–H groups in total. The highest BCUT2D eigenvalue weighted by Gasteiger charge is 2.16. The van der Waals surface area contributed by atoms with Crippen LogP contribution in [0.2, 0.25) is 0 Å². The average Bonchev–Trinajstić information content (AvgIpc) is 2.46. The Morgan fingerprint density at radius 3 is 2.52 bits per heavy atom. The van der Waals surface area contributed by atoms with Crippen molar-refractivity contribution in [1.82, 2.24) is 0 Å². The number of hydrogen-bond acceptors (Lipinski definition) is 3. The van der Waals surface area contributed by atoms with Crippen LogP contribution < -0.4 is 9.64 Å². The Bertz CT molecular complexity index is 608. The molecule has 0 aliphatic heterocycles. The van der Waals surface area contributed by atoms with E-state index in [0.29, 0.717) is 0 Å². The number of hydrogen-bond donors (Lipinski definition) is 1. The molecule has 0 saturated heterocycles. The van der Waals surface area contributed by atoms with Crippen LogP contribution in [0, 0.1) is 6.92 Å². The Labute approximate surface area is 126 Å². The van der Waals surface area contributed by atoms with Crippen molar-refractivity contribution < 1.29 is 9.84 Å². The second-order valence-corrected chi connectivity index (χ2v) is 5.41. The van der Waals surface area contributed by atoms with E-state index in [1.807, 2.05) is 25.2 Å². The zero-order chi connectivity index (χ0) is 15.4. The zero-order valence-corrected chi connectivity index (χ0v) is 13.1. The second-order valence-electron chi connectivity index (χ2n) is 5.41. The number of aryl methyl sites for hydroxylation is 1. The van der Waals surface area contributed by atoms with Crippen LogP contribution in [-0.4, -0.2) is 19.3 Å². The summed E-state index contributed by atoms with van der Waals surface area (Å²) in [7, 11) is 3.66. The number of anilines is 1. The molecule has 0 radical (unpaired) electrons. The third kappa shape index (κ3) is 3.56. The van der Waals surface area contributed by atoms with Gasteiger partial charge >= 0.3 is 0 Å². The molecule has 2 aromatic rings. The fourth-order valence-corrected chi connectivity index (χ4v) is 2.63. The number of aliphatic hydroxyl groups excluding tert-OH is 1. The molecule has 1 unspecified atom stereocenters. The molecular weight excluding hydrogens is 262 g/mol. The third-order valence-corrected chi connectivity index (χ3v) is 3.59. The summed E-state index contributed by atoms with van der Waals surface area (Å²) in [5.41, 5.74) is 4.32. The number of aliphatic hydroxyl groups is 1. The van der Waals surface area contributed by atoms with Gasteiger partial charge in [-0.2, -0.15) is 0 Å². The molecule has 0 aromatic heterocycles. The first-order valence-electron chi connectivity index (χ1n) is 7.14. The molecule has 0 saturated carbocycles. The van der Waals surface area contributed by atoms with E-state index in [0.717, 1.165) is 23.5 Å². The van der Waals surface area contributed by atoms with E-state index in [9.17, 15) is 5.11 Å². The molecule has 2 aromatic carbocycles. The predicted molar refractivity (Wildman–Crippen MR) is 86.9 cm³/mol. The predicted octanol–water partition coefficient (Wildman–Crippen LogP) is 3.69. The topological polar surface area (TPSA) is 32.7 Å². The molecule has 0 amide bonds. The van der Waals surface area contributed by atoms with Crippen molar-refractivity contribution in [2.45, 2.75) is 26.5 Å². The third-order valence-electron chi connectivity index (χ3n) is 3.59. The van der Waals surface area contributed by atoms with Crippen LogP contribution in [0.4, 0.5) is 5.69 Å². The molecule has 0 heterocycles. The van der Waals surface area contributed by atoms with Gasteiger partial charge in [0.05, 0.1) is 13.2 Å². The number of rotatable bonds is 5. The maximum atomic E-state index is 10.1. The van der Waals surface area contributed by atoms with Crippen LogP contribution >= 0.6 is 0 Å². The molecule has 3 heteroatoms. The maximum Gasteiger partial charge on any atom is 0.126 e. The van der Waals surface area contributed by atoms with E-state index < -0.39 is 6.10 Å². The molecule has 0 aliphatic carbocycles. The fourth-order valence-electron chi connectivity index (χ4n) is 2.63. The molecule has 0 spiro atoms. The average molecular weight is 285 g/mol. The normalized spacial score (nSPS) is 12.0. The van der Waals surface area contributed by atoms with Gasteiger partial charge in [0.25, 0.3) is 0 Å². The Hall–Kier alpha value is -2.00. The van der Waals surface area contributed by atoms with Crippen molar-refractivity contribution in [3.8, 4) is 5.75 Å². The SMILES string of the molecule is COc1cccc(N(C)Cc2cccc(C)c2)c1C(C)O. The fraction of sp³-hybridized carbons (Fsp3) is 0.333. The molecule has 112 valence electrons. The van der Waals surface area contributed by atoms with Crippen LogP contribution in [0.15, 0.2) is 42.5 Å². The number of methoxy groups -OCH3 is 1. The largest absolute Gasteiger partial charge is 0.496 e. The van der Waals surface area contributed by atoms with Gasteiger partial charge in [-0.25, -0.2) is 0 Å². The van der Waals surface area contributed by atoms with Crippen molar-refractivity contribution in [3.63, 3.8) is 0 Å². The van der Waals surface area contributed by atoms with Gasteiger partial charge in [0.1, 0.15) is 5.75 Å². The number of nitrogens with zero attached hydrogens (tertiary/aromatic N) is 1. The number of ether oxygens (including phenoxy) is 1. The minimum Gasteiger partial charge on any atom is -0.496 e. The van der Waals surface area contributed by atoms with Gasteiger partial charge in [0.15, 0.2) is 0 Å².